The van der Waals surface area contributed by atoms with E-state index in [1.807, 2.05) is 45.2 Å². The van der Waals surface area contributed by atoms with Crippen molar-refractivity contribution >= 4 is 67.8 Å². The monoisotopic (exact) mass is 728 g/mol. The lowest BCUT2D eigenvalue weighted by Crippen LogP contribution is -1.98. The lowest BCUT2D eigenvalue weighted by atomic mass is 10.2. The summed E-state index contributed by atoms with van der Waals surface area (Å²) < 4.78 is 67.0. The summed E-state index contributed by atoms with van der Waals surface area (Å²) in [5, 5.41) is 9.40. The Bertz CT molecular complexity index is 1080. The van der Waals surface area contributed by atoms with Gasteiger partial charge in [0.1, 0.15) is 17.3 Å². The molecule has 0 bridgehead atoms. The first-order valence-electron chi connectivity index (χ1n) is 7.33. The Morgan fingerprint density at radius 1 is 0.679 bits per heavy atom. The van der Waals surface area contributed by atoms with Gasteiger partial charge in [0.15, 0.2) is 34.7 Å². The van der Waals surface area contributed by atoms with E-state index in [1.54, 1.807) is 0 Å². The van der Waals surface area contributed by atoms with Crippen LogP contribution in [0, 0.1) is 34.0 Å². The van der Waals surface area contributed by atoms with Crippen LogP contribution in [0.2, 0.25) is 0 Å². The molecule has 3 aromatic rings. The van der Waals surface area contributed by atoms with E-state index < -0.39 is 34.8 Å². The Kier molecular flexibility index (Phi) is 6.79. The zero-order valence-electron chi connectivity index (χ0n) is 13.4. The minimum atomic E-state index is -1.10. The average molecular weight is 728 g/mol. The second-order valence-electron chi connectivity index (χ2n) is 5.33. The molecular formula is C18H7F4I3O3. The second-order valence-corrected chi connectivity index (χ2v) is 8.73. The third kappa shape index (κ3) is 4.58. The Hall–Kier alpha value is -1.03. The van der Waals surface area contributed by atoms with Crippen molar-refractivity contribution in [1.82, 2.24) is 0 Å². The van der Waals surface area contributed by atoms with Crippen molar-refractivity contribution in [1.29, 1.82) is 0 Å². The van der Waals surface area contributed by atoms with Crippen molar-refractivity contribution in [2.45, 2.75) is 0 Å². The Morgan fingerprint density at radius 3 is 2.00 bits per heavy atom. The molecule has 28 heavy (non-hydrogen) atoms. The van der Waals surface area contributed by atoms with Crippen molar-refractivity contribution in [3.63, 3.8) is 0 Å². The molecule has 1 N–H and O–H groups in total. The molecule has 0 saturated carbocycles. The van der Waals surface area contributed by atoms with Crippen LogP contribution in [0.4, 0.5) is 17.6 Å². The lowest BCUT2D eigenvalue weighted by Gasteiger charge is -2.14. The zero-order chi connectivity index (χ0) is 20.6. The third-order valence-corrected chi connectivity index (χ3v) is 6.14. The van der Waals surface area contributed by atoms with E-state index in [2.05, 4.69) is 0 Å². The molecule has 0 saturated heterocycles. The molecule has 0 aliphatic heterocycles. The molecule has 0 amide bonds. The van der Waals surface area contributed by atoms with E-state index in [4.69, 9.17) is 9.47 Å². The van der Waals surface area contributed by atoms with Crippen molar-refractivity contribution < 1.29 is 32.1 Å². The predicted molar refractivity (Wildman–Crippen MR) is 119 cm³/mol. The van der Waals surface area contributed by atoms with Crippen LogP contribution in [0.1, 0.15) is 0 Å². The first kappa shape index (κ1) is 21.7. The summed E-state index contributed by atoms with van der Waals surface area (Å²) in [7, 11) is 0. The van der Waals surface area contributed by atoms with E-state index in [0.717, 1.165) is 12.1 Å². The summed E-state index contributed by atoms with van der Waals surface area (Å²) in [4.78, 5) is 0. The highest BCUT2D eigenvalue weighted by Gasteiger charge is 2.20. The normalized spacial score (nSPS) is 10.8. The maximum Gasteiger partial charge on any atom is 0.182 e. The van der Waals surface area contributed by atoms with Gasteiger partial charge in [-0.1, -0.05) is 0 Å². The number of phenols is 1. The van der Waals surface area contributed by atoms with Crippen LogP contribution in [0.25, 0.3) is 0 Å². The lowest BCUT2D eigenvalue weighted by molar-refractivity contribution is 0.385. The molecule has 146 valence electrons. The second kappa shape index (κ2) is 8.77. The maximum atomic E-state index is 14.5. The topological polar surface area (TPSA) is 38.7 Å². The molecule has 0 unspecified atom stereocenters. The van der Waals surface area contributed by atoms with Gasteiger partial charge in [-0.05, 0) is 79.9 Å². The van der Waals surface area contributed by atoms with Gasteiger partial charge >= 0.3 is 0 Å². The molecule has 10 heteroatoms. The standard InChI is InChI=1S/C18H7F4I3O3/c19-7-1-2-10(23)13(3-7)28-14-4-8(20)12(6-11(14)24)27-15-5-9(21)18(26)17(25)16(15)22/h1-6,26H. The number of halogens is 7. The summed E-state index contributed by atoms with van der Waals surface area (Å²) in [5.74, 6) is -5.04. The summed E-state index contributed by atoms with van der Waals surface area (Å²) >= 11 is 5.20. The molecule has 3 rings (SSSR count). The van der Waals surface area contributed by atoms with E-state index in [-0.39, 0.29) is 20.8 Å². The molecule has 0 aliphatic rings. The van der Waals surface area contributed by atoms with Gasteiger partial charge in [-0.25, -0.2) is 17.6 Å². The number of rotatable bonds is 4. The number of benzene rings is 3. The summed E-state index contributed by atoms with van der Waals surface area (Å²) in [6, 6.07) is 6.79. The highest BCUT2D eigenvalue weighted by molar-refractivity contribution is 14.1. The van der Waals surface area contributed by atoms with Gasteiger partial charge in [-0.3, -0.25) is 0 Å². The van der Waals surface area contributed by atoms with E-state index >= 15 is 0 Å². The molecular weight excluding hydrogens is 721 g/mol. The van der Waals surface area contributed by atoms with Gasteiger partial charge in [-0.15, -0.1) is 0 Å². The van der Waals surface area contributed by atoms with Gasteiger partial charge in [0.05, 0.1) is 10.7 Å². The minimum absolute atomic E-state index is 0.0981. The van der Waals surface area contributed by atoms with Crippen molar-refractivity contribution in [2.75, 3.05) is 0 Å². The van der Waals surface area contributed by atoms with Crippen LogP contribution < -0.4 is 9.47 Å². The zero-order valence-corrected chi connectivity index (χ0v) is 19.8. The van der Waals surface area contributed by atoms with Crippen molar-refractivity contribution in [2.24, 2.45) is 0 Å². The summed E-state index contributed by atoms with van der Waals surface area (Å²) in [6.45, 7) is 0. The fourth-order valence-electron chi connectivity index (χ4n) is 2.10. The Balaban J connectivity index is 1.94. The first-order chi connectivity index (χ1) is 13.2. The molecule has 0 radical (unpaired) electrons. The summed E-state index contributed by atoms with van der Waals surface area (Å²) in [5.41, 5.74) is 0. The smallest absolute Gasteiger partial charge is 0.182 e. The minimum Gasteiger partial charge on any atom is -0.504 e. The molecule has 0 aliphatic carbocycles. The molecule has 3 nitrogen and oxygen atoms in total. The quantitative estimate of drug-likeness (QED) is 0.174. The van der Waals surface area contributed by atoms with Crippen LogP contribution in [0.15, 0.2) is 36.4 Å². The number of hydrogen-bond donors (Lipinski definition) is 1. The van der Waals surface area contributed by atoms with E-state index in [1.165, 1.54) is 40.8 Å². The molecule has 0 atom stereocenters. The summed E-state index contributed by atoms with van der Waals surface area (Å²) in [6.07, 6.45) is 0. The van der Waals surface area contributed by atoms with Gasteiger partial charge in [-0.2, -0.15) is 0 Å². The van der Waals surface area contributed by atoms with E-state index in [0.29, 0.717) is 13.2 Å². The van der Waals surface area contributed by atoms with Crippen molar-refractivity contribution in [3.8, 4) is 28.7 Å². The fourth-order valence-corrected chi connectivity index (χ4v) is 3.61. The van der Waals surface area contributed by atoms with Gasteiger partial charge in [0.25, 0.3) is 0 Å². The molecule has 0 heterocycles. The van der Waals surface area contributed by atoms with Gasteiger partial charge in [0.2, 0.25) is 0 Å². The van der Waals surface area contributed by atoms with Crippen LogP contribution >= 0.6 is 67.8 Å². The SMILES string of the molecule is Oc1c(F)cc(Oc2cc(I)c(Oc3cc(F)ccc3I)cc2F)c(F)c1I. The Morgan fingerprint density at radius 2 is 1.29 bits per heavy atom. The van der Waals surface area contributed by atoms with Gasteiger partial charge < -0.3 is 14.6 Å². The number of hydrogen-bond acceptors (Lipinski definition) is 3. The van der Waals surface area contributed by atoms with Gasteiger partial charge in [0, 0.05) is 24.3 Å². The van der Waals surface area contributed by atoms with E-state index in [9.17, 15) is 22.7 Å². The third-order valence-electron chi connectivity index (χ3n) is 3.42. The number of aromatic hydroxyl groups is 1. The van der Waals surface area contributed by atoms with Crippen LogP contribution in [0.3, 0.4) is 0 Å². The van der Waals surface area contributed by atoms with Crippen molar-refractivity contribution in [3.05, 3.63) is 70.4 Å². The Labute approximate surface area is 197 Å². The van der Waals surface area contributed by atoms with Crippen LogP contribution in [0.5, 0.6) is 28.7 Å². The largest absolute Gasteiger partial charge is 0.504 e. The highest BCUT2D eigenvalue weighted by atomic mass is 127. The molecule has 0 spiro atoms. The fraction of sp³-hybridized carbons (Fsp3) is 0. The predicted octanol–water partition coefficient (Wildman–Crippen LogP) is 7.35. The van der Waals surface area contributed by atoms with Crippen LogP contribution in [-0.2, 0) is 0 Å². The molecule has 3 aromatic carbocycles. The number of ether oxygens (including phenoxy) is 2. The molecule has 0 fully saturated rings. The van der Waals surface area contributed by atoms with Crippen LogP contribution in [-0.4, -0.2) is 5.11 Å². The first-order valence-corrected chi connectivity index (χ1v) is 10.6. The maximum absolute atomic E-state index is 14.5. The number of phenolic OH excluding ortho intramolecular Hbond substituents is 1. The average Bonchev–Trinajstić information content (AvgIpc) is 2.64. The molecule has 0 aromatic heterocycles. The highest BCUT2D eigenvalue weighted by Crippen LogP contribution is 2.38.